The number of hydrogen-bond acceptors (Lipinski definition) is 6. The number of carbonyl (C=O) groups is 2. The molecule has 6 heteroatoms. The van der Waals surface area contributed by atoms with E-state index in [1.165, 1.54) is 0 Å². The molecular formula is C44H32N2O4. The van der Waals surface area contributed by atoms with Crippen molar-refractivity contribution in [3.63, 3.8) is 0 Å². The Kier molecular flexibility index (Phi) is 8.90. The lowest BCUT2D eigenvalue weighted by Gasteiger charge is -2.15. The monoisotopic (exact) mass is 652 g/mol. The fraction of sp³-hybridized carbons (Fsp3) is 0. The summed E-state index contributed by atoms with van der Waals surface area (Å²) >= 11 is 0. The fourth-order valence-electron chi connectivity index (χ4n) is 5.78. The second kappa shape index (κ2) is 14.1. The Morgan fingerprint density at radius 2 is 0.740 bits per heavy atom. The van der Waals surface area contributed by atoms with E-state index in [9.17, 15) is 9.59 Å². The zero-order chi connectivity index (χ0) is 34.5. The number of anilines is 2. The van der Waals surface area contributed by atoms with E-state index in [1.54, 1.807) is 60.7 Å². The predicted molar refractivity (Wildman–Crippen MR) is 199 cm³/mol. The third kappa shape index (κ3) is 6.59. The molecular weight excluding hydrogens is 620 g/mol. The topological polar surface area (TPSA) is 105 Å². The van der Waals surface area contributed by atoms with Crippen molar-refractivity contribution in [1.29, 1.82) is 0 Å². The Morgan fingerprint density at radius 1 is 0.380 bits per heavy atom. The lowest BCUT2D eigenvalue weighted by atomic mass is 9.93. The molecule has 7 rings (SSSR count). The Bertz CT molecular complexity index is 2170. The molecule has 6 nitrogen and oxygen atoms in total. The number of ether oxygens (including phenoxy) is 2. The molecule has 0 saturated heterocycles. The lowest BCUT2D eigenvalue weighted by molar-refractivity contribution is 0.100. The highest BCUT2D eigenvalue weighted by Gasteiger charge is 2.22. The molecule has 7 aromatic carbocycles. The van der Waals surface area contributed by atoms with Gasteiger partial charge in [0.2, 0.25) is 0 Å². The van der Waals surface area contributed by atoms with Crippen LogP contribution in [0, 0.1) is 0 Å². The van der Waals surface area contributed by atoms with Crippen LogP contribution < -0.4 is 20.9 Å². The smallest absolute Gasteiger partial charge is 0.193 e. The van der Waals surface area contributed by atoms with Crippen LogP contribution in [0.15, 0.2) is 170 Å². The van der Waals surface area contributed by atoms with Crippen molar-refractivity contribution < 1.29 is 19.1 Å². The minimum absolute atomic E-state index is 0.242. The molecule has 0 spiro atoms. The summed E-state index contributed by atoms with van der Waals surface area (Å²) in [6, 6.07) is 51.5. The van der Waals surface area contributed by atoms with E-state index in [4.69, 9.17) is 20.9 Å². The van der Waals surface area contributed by atoms with Crippen molar-refractivity contribution >= 4 is 22.9 Å². The fourth-order valence-corrected chi connectivity index (χ4v) is 5.78. The van der Waals surface area contributed by atoms with Gasteiger partial charge in [0.05, 0.1) is 11.4 Å². The molecule has 0 aliphatic rings. The minimum atomic E-state index is -0.348. The Hall–Kier alpha value is -6.92. The normalized spacial score (nSPS) is 10.7. The Labute approximate surface area is 290 Å². The third-order valence-corrected chi connectivity index (χ3v) is 8.35. The van der Waals surface area contributed by atoms with Gasteiger partial charge in [-0.25, -0.2) is 0 Å². The average molecular weight is 653 g/mol. The Morgan fingerprint density at radius 3 is 1.16 bits per heavy atom. The zero-order valence-corrected chi connectivity index (χ0v) is 27.0. The first kappa shape index (κ1) is 31.7. The highest BCUT2D eigenvalue weighted by Crippen LogP contribution is 2.38. The number of nitrogens with two attached hydrogens (primary N) is 2. The van der Waals surface area contributed by atoms with Gasteiger partial charge < -0.3 is 20.9 Å². The molecule has 4 N–H and O–H groups in total. The zero-order valence-electron chi connectivity index (χ0n) is 27.0. The van der Waals surface area contributed by atoms with E-state index >= 15 is 0 Å². The van der Waals surface area contributed by atoms with Gasteiger partial charge in [0.1, 0.15) is 11.5 Å². The molecule has 50 heavy (non-hydrogen) atoms. The van der Waals surface area contributed by atoms with Gasteiger partial charge in [0.25, 0.3) is 0 Å². The lowest BCUT2D eigenvalue weighted by Crippen LogP contribution is -2.11. The summed E-state index contributed by atoms with van der Waals surface area (Å²) in [5, 5.41) is 0. The third-order valence-electron chi connectivity index (χ3n) is 8.35. The second-order valence-electron chi connectivity index (χ2n) is 11.6. The molecule has 0 atom stereocenters. The number of carbonyl (C=O) groups excluding carboxylic acids is 2. The van der Waals surface area contributed by atoms with Crippen molar-refractivity contribution in [2.45, 2.75) is 0 Å². The standard InChI is InChI=1S/C44H32N2O4/c45-37-25-23-31(27-41(37)49-39-21-11-9-17-33(39)29-13-3-1-4-14-29)43(47)35-19-7-8-20-36(35)44(48)32-24-26-38(46)42(28-32)50-40-22-12-10-18-34(40)30-15-5-2-6-16-30/h1-28H,45-46H2. The highest BCUT2D eigenvalue weighted by molar-refractivity contribution is 6.20. The van der Waals surface area contributed by atoms with E-state index in [-0.39, 0.29) is 22.7 Å². The van der Waals surface area contributed by atoms with E-state index in [0.29, 0.717) is 45.5 Å². The van der Waals surface area contributed by atoms with Crippen LogP contribution in [0.4, 0.5) is 11.4 Å². The van der Waals surface area contributed by atoms with Gasteiger partial charge in [-0.2, -0.15) is 0 Å². The first-order chi connectivity index (χ1) is 24.5. The van der Waals surface area contributed by atoms with Crippen molar-refractivity contribution in [1.82, 2.24) is 0 Å². The summed E-state index contributed by atoms with van der Waals surface area (Å²) in [5.74, 6) is 1.16. The summed E-state index contributed by atoms with van der Waals surface area (Å²) < 4.78 is 12.6. The van der Waals surface area contributed by atoms with Crippen molar-refractivity contribution in [3.8, 4) is 45.3 Å². The van der Waals surface area contributed by atoms with Crippen molar-refractivity contribution in [2.75, 3.05) is 11.5 Å². The molecule has 7 aromatic rings. The predicted octanol–water partition coefficient (Wildman–Crippen LogP) is 10.2. The Balaban J connectivity index is 1.18. The SMILES string of the molecule is Nc1ccc(C(=O)c2ccccc2C(=O)c2ccc(N)c(Oc3ccccc3-c3ccccc3)c2)cc1Oc1ccccc1-c1ccccc1. The number of benzene rings is 7. The summed E-state index contributed by atoms with van der Waals surface area (Å²) in [5.41, 5.74) is 18.3. The molecule has 242 valence electrons. The molecule has 0 amide bonds. The van der Waals surface area contributed by atoms with Crippen LogP contribution in [0.3, 0.4) is 0 Å². The van der Waals surface area contributed by atoms with Crippen LogP contribution in [0.25, 0.3) is 22.3 Å². The maximum Gasteiger partial charge on any atom is 0.193 e. The van der Waals surface area contributed by atoms with Crippen LogP contribution in [0.1, 0.15) is 31.8 Å². The van der Waals surface area contributed by atoms with Crippen LogP contribution in [-0.4, -0.2) is 11.6 Å². The first-order valence-electron chi connectivity index (χ1n) is 16.1. The van der Waals surface area contributed by atoms with E-state index in [2.05, 4.69) is 0 Å². The highest BCUT2D eigenvalue weighted by atomic mass is 16.5. The van der Waals surface area contributed by atoms with Gasteiger partial charge in [-0.05, 0) is 59.7 Å². The molecule has 0 saturated carbocycles. The van der Waals surface area contributed by atoms with Gasteiger partial charge in [0.15, 0.2) is 23.1 Å². The van der Waals surface area contributed by atoms with E-state index in [0.717, 1.165) is 22.3 Å². The molecule has 0 fully saturated rings. The molecule has 0 bridgehead atoms. The van der Waals surface area contributed by atoms with Crippen LogP contribution in [-0.2, 0) is 0 Å². The number of para-hydroxylation sites is 2. The molecule has 0 aromatic heterocycles. The number of hydrogen-bond donors (Lipinski definition) is 2. The van der Waals surface area contributed by atoms with Crippen LogP contribution in [0.2, 0.25) is 0 Å². The maximum absolute atomic E-state index is 14.0. The van der Waals surface area contributed by atoms with Crippen LogP contribution in [0.5, 0.6) is 23.0 Å². The van der Waals surface area contributed by atoms with E-state index in [1.807, 2.05) is 109 Å². The van der Waals surface area contributed by atoms with Gasteiger partial charge in [-0.1, -0.05) is 121 Å². The van der Waals surface area contributed by atoms with Gasteiger partial charge in [-0.3, -0.25) is 9.59 Å². The van der Waals surface area contributed by atoms with Crippen LogP contribution >= 0.6 is 0 Å². The number of rotatable bonds is 10. The average Bonchev–Trinajstić information content (AvgIpc) is 3.17. The van der Waals surface area contributed by atoms with Crippen molar-refractivity contribution in [3.05, 3.63) is 192 Å². The number of nitrogen functional groups attached to an aromatic ring is 2. The quantitative estimate of drug-likeness (QED) is 0.113. The second-order valence-corrected chi connectivity index (χ2v) is 11.6. The molecule has 0 aliphatic heterocycles. The molecule has 0 heterocycles. The molecule has 0 aliphatic carbocycles. The summed E-state index contributed by atoms with van der Waals surface area (Å²) in [7, 11) is 0. The maximum atomic E-state index is 14.0. The minimum Gasteiger partial charge on any atom is -0.455 e. The van der Waals surface area contributed by atoms with Gasteiger partial charge >= 0.3 is 0 Å². The van der Waals surface area contributed by atoms with Gasteiger partial charge in [-0.15, -0.1) is 0 Å². The summed E-state index contributed by atoms with van der Waals surface area (Å²) in [4.78, 5) is 28.1. The van der Waals surface area contributed by atoms with Gasteiger partial charge in [0, 0.05) is 33.4 Å². The van der Waals surface area contributed by atoms with E-state index < -0.39 is 0 Å². The number of ketones is 2. The summed E-state index contributed by atoms with van der Waals surface area (Å²) in [6.45, 7) is 0. The first-order valence-corrected chi connectivity index (χ1v) is 16.1. The molecule has 0 unspecified atom stereocenters. The largest absolute Gasteiger partial charge is 0.455 e. The molecule has 0 radical (unpaired) electrons. The van der Waals surface area contributed by atoms with Crippen molar-refractivity contribution in [2.24, 2.45) is 0 Å². The summed E-state index contributed by atoms with van der Waals surface area (Å²) in [6.07, 6.45) is 0.